The van der Waals surface area contributed by atoms with Crippen LogP contribution in [-0.2, 0) is 24.0 Å². The van der Waals surface area contributed by atoms with Gasteiger partial charge >= 0.3 is 6.18 Å². The topological polar surface area (TPSA) is 257 Å². The molecule has 6 rings (SSSR count). The van der Waals surface area contributed by atoms with Crippen molar-refractivity contribution < 1.29 is 61.4 Å². The maximum absolute atomic E-state index is 12.7. The summed E-state index contributed by atoms with van der Waals surface area (Å²) in [5.41, 5.74) is 7.65. The highest BCUT2D eigenvalue weighted by Gasteiger charge is 2.47. The minimum Gasteiger partial charge on any atom is -0.542 e. The van der Waals surface area contributed by atoms with E-state index in [2.05, 4.69) is 21.3 Å². The Kier molecular flexibility index (Phi) is 12.3. The first kappa shape index (κ1) is 39.6. The molecule has 2 aromatic rings. The second kappa shape index (κ2) is 16.4. The molecule has 20 heteroatoms. The van der Waals surface area contributed by atoms with Crippen molar-refractivity contribution in [3.63, 3.8) is 0 Å². The number of hydrogen-bond acceptors (Lipinski definition) is 13. The van der Waals surface area contributed by atoms with Crippen LogP contribution in [0.2, 0.25) is 0 Å². The molecule has 8 amide bonds. The van der Waals surface area contributed by atoms with Gasteiger partial charge in [-0.3, -0.25) is 58.8 Å². The van der Waals surface area contributed by atoms with Crippen molar-refractivity contribution in [3.05, 3.63) is 58.7 Å². The summed E-state index contributed by atoms with van der Waals surface area (Å²) in [4.78, 5) is 108. The van der Waals surface area contributed by atoms with Crippen LogP contribution in [0.5, 0.6) is 0 Å². The van der Waals surface area contributed by atoms with Crippen molar-refractivity contribution >= 4 is 64.6 Å². The molecule has 53 heavy (non-hydrogen) atoms. The molecule has 0 aromatic heterocycles. The zero-order chi connectivity index (χ0) is 39.2. The van der Waals surface area contributed by atoms with E-state index in [1.807, 2.05) is 6.92 Å². The zero-order valence-corrected chi connectivity index (χ0v) is 28.0. The molecular weight excluding hydrogens is 711 g/mol. The molecule has 0 bridgehead atoms. The summed E-state index contributed by atoms with van der Waals surface area (Å²) in [6.45, 7) is 3.51. The van der Waals surface area contributed by atoms with Crippen molar-refractivity contribution in [3.8, 4) is 0 Å². The minimum atomic E-state index is -5.19. The molecule has 0 spiro atoms. The summed E-state index contributed by atoms with van der Waals surface area (Å²) in [6, 6.07) is 8.04. The maximum Gasteiger partial charge on any atom is 0.430 e. The molecule has 0 aliphatic carbocycles. The van der Waals surface area contributed by atoms with E-state index in [1.54, 1.807) is 36.4 Å². The quantitative estimate of drug-likeness (QED) is 0.217. The molecule has 282 valence electrons. The summed E-state index contributed by atoms with van der Waals surface area (Å²) >= 11 is 0. The first-order valence-corrected chi connectivity index (χ1v) is 16.2. The number of nitrogens with two attached hydrogens (primary N) is 1. The lowest BCUT2D eigenvalue weighted by atomic mass is 10.0. The molecule has 2 aromatic carbocycles. The third kappa shape index (κ3) is 8.49. The molecule has 2 saturated heterocycles. The highest BCUT2D eigenvalue weighted by Crippen LogP contribution is 2.33. The number of aliphatic carboxylic acids is 1. The Balaban J connectivity index is 0.000000201. The van der Waals surface area contributed by atoms with Gasteiger partial charge in [-0.15, -0.1) is 0 Å². The largest absolute Gasteiger partial charge is 0.542 e. The minimum absolute atomic E-state index is 0.0993. The van der Waals surface area contributed by atoms with E-state index >= 15 is 0 Å². The number of benzene rings is 2. The number of nitrogens with zero attached hydrogens (tertiary/aromatic N) is 2. The number of piperidine rings is 2. The van der Waals surface area contributed by atoms with Crippen molar-refractivity contribution in [2.75, 3.05) is 30.3 Å². The number of fused-ring (bicyclic) bond motifs is 2. The van der Waals surface area contributed by atoms with Gasteiger partial charge in [-0.2, -0.15) is 13.2 Å². The highest BCUT2D eigenvalue weighted by atomic mass is 19.4. The maximum atomic E-state index is 12.7. The molecule has 4 aliphatic rings. The summed E-state index contributed by atoms with van der Waals surface area (Å²) in [5, 5.41) is 19.3. The summed E-state index contributed by atoms with van der Waals surface area (Å²) in [5.74, 6) is -7.02. The number of halogens is 3. The van der Waals surface area contributed by atoms with Crippen LogP contribution in [0.1, 0.15) is 80.5 Å². The van der Waals surface area contributed by atoms with Crippen molar-refractivity contribution in [2.24, 2.45) is 5.73 Å². The summed E-state index contributed by atoms with van der Waals surface area (Å²) in [7, 11) is 0. The van der Waals surface area contributed by atoms with E-state index in [9.17, 15) is 51.5 Å². The molecule has 0 radical (unpaired) electrons. The van der Waals surface area contributed by atoms with Gasteiger partial charge in [0.1, 0.15) is 18.1 Å². The monoisotopic (exact) mass is 744 g/mol. The van der Waals surface area contributed by atoms with Gasteiger partial charge in [0, 0.05) is 43.9 Å². The van der Waals surface area contributed by atoms with Crippen LogP contribution in [0, 0.1) is 0 Å². The van der Waals surface area contributed by atoms with Gasteiger partial charge in [0.15, 0.2) is 0 Å². The van der Waals surface area contributed by atoms with E-state index in [0.717, 1.165) is 16.2 Å². The van der Waals surface area contributed by atoms with E-state index < -0.39 is 65.6 Å². The molecule has 2 fully saturated rings. The number of carboxylic acids is 1. The van der Waals surface area contributed by atoms with E-state index in [-0.39, 0.29) is 42.7 Å². The number of nitrogens with one attached hydrogen (secondary N) is 4. The average Bonchev–Trinajstić information content (AvgIpc) is 3.51. The van der Waals surface area contributed by atoms with Gasteiger partial charge in [-0.25, -0.2) is 0 Å². The Hall–Kier alpha value is -6.18. The Morgan fingerprint density at radius 2 is 1.15 bits per heavy atom. The van der Waals surface area contributed by atoms with Crippen molar-refractivity contribution in [2.45, 2.75) is 57.3 Å². The van der Waals surface area contributed by atoms with Gasteiger partial charge in [-0.1, -0.05) is 19.1 Å². The first-order valence-electron chi connectivity index (χ1n) is 16.2. The number of carbonyl (C=O) groups is 9. The number of amides is 8. The van der Waals surface area contributed by atoms with E-state index in [0.29, 0.717) is 42.1 Å². The number of carbonyl (C=O) groups excluding carboxylic acids is 9. The van der Waals surface area contributed by atoms with Crippen LogP contribution in [0.25, 0.3) is 0 Å². The molecule has 6 N–H and O–H groups in total. The van der Waals surface area contributed by atoms with Crippen LogP contribution in [0.4, 0.5) is 24.5 Å². The van der Waals surface area contributed by atoms with Crippen LogP contribution in [0.15, 0.2) is 36.4 Å². The zero-order valence-electron chi connectivity index (χ0n) is 28.0. The molecule has 4 aliphatic heterocycles. The first-order chi connectivity index (χ1) is 25.0. The van der Waals surface area contributed by atoms with Crippen LogP contribution >= 0.6 is 0 Å². The lowest BCUT2D eigenvalue weighted by molar-refractivity contribution is -0.344. The van der Waals surface area contributed by atoms with Gasteiger partial charge < -0.3 is 26.3 Å². The van der Waals surface area contributed by atoms with Crippen molar-refractivity contribution in [1.82, 2.24) is 20.4 Å². The summed E-state index contributed by atoms with van der Waals surface area (Å²) < 4.78 is 31.5. The van der Waals surface area contributed by atoms with Crippen LogP contribution in [0.3, 0.4) is 0 Å². The van der Waals surface area contributed by atoms with Crippen LogP contribution in [-0.4, -0.2) is 101 Å². The number of anilines is 2. The fourth-order valence-electron chi connectivity index (χ4n) is 5.79. The smallest absolute Gasteiger partial charge is 0.430 e. The lowest BCUT2D eigenvalue weighted by Crippen LogP contribution is -2.54. The third-order valence-corrected chi connectivity index (χ3v) is 8.19. The number of hydrogen-bond donors (Lipinski definition) is 5. The Morgan fingerprint density at radius 3 is 1.49 bits per heavy atom. The summed E-state index contributed by atoms with van der Waals surface area (Å²) in [6.07, 6.45) is -3.80. The second-order valence-electron chi connectivity index (χ2n) is 11.8. The Labute approximate surface area is 298 Å². The molecule has 2 atom stereocenters. The predicted molar refractivity (Wildman–Crippen MR) is 174 cm³/mol. The number of carboxylic acid groups (broad SMARTS) is 1. The standard InChI is InChI=1S/C16H17N3O4.C15H16N4O4.C2HF3O2/c1-2-8-17-10-5-3-4-9-13(10)16(23)19(15(9)22)11-6-7-12(20)18-14(11)21;16-6-7-17-9-3-1-2-8-12(9)15(23)19(14(8)22)10-4-5-11(20)18-13(10)21;3-2(4,5)1(6)7/h3-5,11,17H,2,6-8H2,1H3,(H,18,20,21);1-3,10,17H,4-7,16H2,(H,18,20,21);(H,6,7)/p-1. The highest BCUT2D eigenvalue weighted by molar-refractivity contribution is 6.26. The number of imide groups is 4. The molecule has 2 unspecified atom stereocenters. The van der Waals surface area contributed by atoms with Gasteiger partial charge in [0.2, 0.25) is 23.6 Å². The fourth-order valence-corrected chi connectivity index (χ4v) is 5.79. The lowest BCUT2D eigenvalue weighted by Gasteiger charge is -2.27. The van der Waals surface area contributed by atoms with Crippen molar-refractivity contribution in [1.29, 1.82) is 0 Å². The third-order valence-electron chi connectivity index (χ3n) is 8.19. The van der Waals surface area contributed by atoms with E-state index in [4.69, 9.17) is 15.6 Å². The number of alkyl halides is 3. The molecule has 0 saturated carbocycles. The van der Waals surface area contributed by atoms with Gasteiger partial charge in [-0.05, 0) is 43.5 Å². The van der Waals surface area contributed by atoms with Gasteiger partial charge in [0.05, 0.1) is 22.3 Å². The normalized spacial score (nSPS) is 19.3. The molecule has 17 nitrogen and oxygen atoms in total. The predicted octanol–water partition coefficient (Wildman–Crippen LogP) is -0.333. The van der Waals surface area contributed by atoms with E-state index in [1.165, 1.54) is 0 Å². The average molecular weight is 745 g/mol. The Morgan fingerprint density at radius 1 is 0.755 bits per heavy atom. The molecule has 4 heterocycles. The van der Waals surface area contributed by atoms with Crippen LogP contribution < -0.4 is 32.1 Å². The second-order valence-corrected chi connectivity index (χ2v) is 11.8. The fraction of sp³-hybridized carbons (Fsp3) is 0.364. The SMILES string of the molecule is CCCNc1cccc2c1C(=O)N(C1CCC(=O)NC1=O)C2=O.NCCNc1cccc2c1C(=O)N(C1CCC(=O)NC1=O)C2=O.O=C([O-])C(F)(F)F. The Bertz CT molecular complexity index is 1760. The number of rotatable bonds is 8. The van der Waals surface area contributed by atoms with Gasteiger partial charge in [0.25, 0.3) is 23.6 Å². The molecular formula is C33H33F3N7O10-.